The quantitative estimate of drug-likeness (QED) is 0.656. The smallest absolute Gasteiger partial charge is 0.336 e. The topological polar surface area (TPSA) is 127 Å². The number of hydrogen-bond donors (Lipinski definition) is 2. The first-order chi connectivity index (χ1) is 11.5. The predicted octanol–water partition coefficient (Wildman–Crippen LogP) is 1.80. The van der Waals surface area contributed by atoms with Gasteiger partial charge in [-0.1, -0.05) is 0 Å². The molecule has 1 aliphatic carbocycles. The largest absolute Gasteiger partial charge is 0.478 e. The Morgan fingerprint density at radius 2 is 1.04 bits per heavy atom. The van der Waals surface area contributed by atoms with Crippen molar-refractivity contribution in [3.63, 3.8) is 0 Å². The molecule has 0 heterocycles. The maximum atomic E-state index is 11.2. The van der Waals surface area contributed by atoms with Gasteiger partial charge >= 0.3 is 11.9 Å². The van der Waals surface area contributed by atoms with E-state index >= 15 is 0 Å². The van der Waals surface area contributed by atoms with E-state index in [1.54, 1.807) is 0 Å². The van der Waals surface area contributed by atoms with Crippen molar-refractivity contribution in [3.05, 3.63) is 35.4 Å². The molecular formula is C16H8O8. The molecular weight excluding hydrogens is 320 g/mol. The highest BCUT2D eigenvalue weighted by Gasteiger charge is 2.30. The third-order valence-corrected chi connectivity index (χ3v) is 3.63. The number of carboxylic acids is 2. The number of ether oxygens (including phenoxy) is 2. The molecule has 3 rings (SSSR count). The van der Waals surface area contributed by atoms with E-state index in [-0.39, 0.29) is 35.6 Å². The van der Waals surface area contributed by atoms with E-state index in [0.29, 0.717) is 22.3 Å². The van der Waals surface area contributed by atoms with Crippen LogP contribution >= 0.6 is 0 Å². The maximum Gasteiger partial charge on any atom is 0.336 e. The molecule has 120 valence electrons. The summed E-state index contributed by atoms with van der Waals surface area (Å²) < 4.78 is 9.48. The highest BCUT2D eigenvalue weighted by Crippen LogP contribution is 2.52. The van der Waals surface area contributed by atoms with Crippen LogP contribution in [0.15, 0.2) is 24.3 Å². The van der Waals surface area contributed by atoms with E-state index in [4.69, 9.17) is 19.7 Å². The summed E-state index contributed by atoms with van der Waals surface area (Å²) in [5, 5.41) is 18.3. The molecule has 2 N–H and O–H groups in total. The SMILES string of the molecule is O=COc1cc2c(cc1OC=O)-c1cc(C(=O)O)c(C(=O)O)cc1-2. The monoisotopic (exact) mass is 328 g/mol. The molecule has 0 saturated carbocycles. The van der Waals surface area contributed by atoms with Crippen LogP contribution in [0.1, 0.15) is 20.7 Å². The van der Waals surface area contributed by atoms with Gasteiger partial charge in [0, 0.05) is 0 Å². The molecule has 0 bridgehead atoms. The van der Waals surface area contributed by atoms with Crippen LogP contribution in [-0.4, -0.2) is 35.1 Å². The van der Waals surface area contributed by atoms with Gasteiger partial charge in [-0.2, -0.15) is 0 Å². The standard InChI is InChI=1S/C16H8O8/c17-5-23-13-3-9-7-1-11(15(19)20)12(16(21)22)2-8(7)10(9)4-14(13)24-6-18/h1-6H,(H,19,20)(H,21,22). The van der Waals surface area contributed by atoms with Crippen LogP contribution in [0.3, 0.4) is 0 Å². The van der Waals surface area contributed by atoms with Gasteiger partial charge < -0.3 is 19.7 Å². The van der Waals surface area contributed by atoms with Gasteiger partial charge in [-0.25, -0.2) is 9.59 Å². The van der Waals surface area contributed by atoms with Crippen LogP contribution < -0.4 is 9.47 Å². The molecule has 0 spiro atoms. The lowest BCUT2D eigenvalue weighted by Crippen LogP contribution is -2.12. The second-order valence-electron chi connectivity index (χ2n) is 4.83. The van der Waals surface area contributed by atoms with E-state index in [1.807, 2.05) is 0 Å². The summed E-state index contributed by atoms with van der Waals surface area (Å²) in [5.41, 5.74) is 1.41. The zero-order chi connectivity index (χ0) is 17.4. The van der Waals surface area contributed by atoms with Crippen LogP contribution in [0.5, 0.6) is 11.5 Å². The van der Waals surface area contributed by atoms with Gasteiger partial charge in [0.15, 0.2) is 11.5 Å². The maximum absolute atomic E-state index is 11.2. The molecule has 0 aromatic heterocycles. The summed E-state index contributed by atoms with van der Waals surface area (Å²) >= 11 is 0. The molecule has 2 aromatic carbocycles. The summed E-state index contributed by atoms with van der Waals surface area (Å²) in [6.45, 7) is 0.324. The Labute approximate surface area is 133 Å². The van der Waals surface area contributed by atoms with Crippen LogP contribution in [-0.2, 0) is 9.59 Å². The molecule has 8 heteroatoms. The molecule has 0 atom stereocenters. The summed E-state index contributed by atoms with van der Waals surface area (Å²) in [6.07, 6.45) is 0. The second-order valence-corrected chi connectivity index (χ2v) is 4.83. The van der Waals surface area contributed by atoms with Crippen molar-refractivity contribution in [1.82, 2.24) is 0 Å². The zero-order valence-corrected chi connectivity index (χ0v) is 11.8. The normalized spacial score (nSPS) is 10.7. The van der Waals surface area contributed by atoms with Gasteiger partial charge in [0.1, 0.15) is 0 Å². The molecule has 8 nitrogen and oxygen atoms in total. The second kappa shape index (κ2) is 5.51. The van der Waals surface area contributed by atoms with Crippen LogP contribution in [0, 0.1) is 0 Å². The Kier molecular flexibility index (Phi) is 3.49. The fourth-order valence-corrected chi connectivity index (χ4v) is 2.63. The lowest BCUT2D eigenvalue weighted by atomic mass is 9.78. The van der Waals surface area contributed by atoms with Crippen molar-refractivity contribution in [1.29, 1.82) is 0 Å². The molecule has 0 aliphatic heterocycles. The van der Waals surface area contributed by atoms with Crippen molar-refractivity contribution in [2.75, 3.05) is 0 Å². The first-order valence-corrected chi connectivity index (χ1v) is 6.52. The van der Waals surface area contributed by atoms with E-state index < -0.39 is 11.9 Å². The first kappa shape index (κ1) is 15.2. The highest BCUT2D eigenvalue weighted by atomic mass is 16.6. The molecule has 0 amide bonds. The lowest BCUT2D eigenvalue weighted by molar-refractivity contribution is -0.123. The summed E-state index contributed by atoms with van der Waals surface area (Å²) in [5.74, 6) is -2.76. The van der Waals surface area contributed by atoms with Crippen LogP contribution in [0.4, 0.5) is 0 Å². The number of fused-ring (bicyclic) bond motifs is 4. The van der Waals surface area contributed by atoms with Gasteiger partial charge in [0.05, 0.1) is 11.1 Å². The molecule has 2 aromatic rings. The number of benzene rings is 2. The number of carbonyl (C=O) groups excluding carboxylic acids is 2. The van der Waals surface area contributed by atoms with Gasteiger partial charge in [0.2, 0.25) is 0 Å². The van der Waals surface area contributed by atoms with Gasteiger partial charge in [0.25, 0.3) is 12.9 Å². The average Bonchev–Trinajstić information content (AvgIpc) is 2.54. The number of hydrogen-bond acceptors (Lipinski definition) is 6. The molecule has 24 heavy (non-hydrogen) atoms. The Morgan fingerprint density at radius 3 is 1.33 bits per heavy atom. The Bertz CT molecular complexity index is 839. The van der Waals surface area contributed by atoms with E-state index in [0.717, 1.165) is 0 Å². The third-order valence-electron chi connectivity index (χ3n) is 3.63. The van der Waals surface area contributed by atoms with Crippen molar-refractivity contribution >= 4 is 24.9 Å². The predicted molar refractivity (Wildman–Crippen MR) is 78.2 cm³/mol. The Balaban J connectivity index is 2.18. The minimum atomic E-state index is -1.37. The lowest BCUT2D eigenvalue weighted by Gasteiger charge is -2.26. The van der Waals surface area contributed by atoms with Gasteiger partial charge in [-0.3, -0.25) is 9.59 Å². The summed E-state index contributed by atoms with van der Waals surface area (Å²) in [4.78, 5) is 43.6. The average molecular weight is 328 g/mol. The molecule has 0 fully saturated rings. The van der Waals surface area contributed by atoms with Gasteiger partial charge in [-0.15, -0.1) is 0 Å². The Morgan fingerprint density at radius 1 is 0.708 bits per heavy atom. The fourth-order valence-electron chi connectivity index (χ4n) is 2.63. The Hall–Kier alpha value is -3.68. The van der Waals surface area contributed by atoms with E-state index in [1.165, 1.54) is 24.3 Å². The van der Waals surface area contributed by atoms with Crippen molar-refractivity contribution in [2.45, 2.75) is 0 Å². The summed E-state index contributed by atoms with van der Waals surface area (Å²) in [6, 6.07) is 5.32. The van der Waals surface area contributed by atoms with E-state index in [2.05, 4.69) is 0 Å². The third kappa shape index (κ3) is 2.17. The highest BCUT2D eigenvalue weighted by molar-refractivity contribution is 6.11. The van der Waals surface area contributed by atoms with Gasteiger partial charge in [-0.05, 0) is 46.5 Å². The van der Waals surface area contributed by atoms with Crippen molar-refractivity contribution < 1.29 is 38.9 Å². The fraction of sp³-hybridized carbons (Fsp3) is 0. The van der Waals surface area contributed by atoms with Crippen molar-refractivity contribution in [3.8, 4) is 33.8 Å². The first-order valence-electron chi connectivity index (χ1n) is 6.52. The van der Waals surface area contributed by atoms with E-state index in [9.17, 15) is 19.2 Å². The summed E-state index contributed by atoms with van der Waals surface area (Å²) in [7, 11) is 0. The minimum Gasteiger partial charge on any atom is -0.478 e. The molecule has 0 unspecified atom stereocenters. The van der Waals surface area contributed by atoms with Crippen LogP contribution in [0.2, 0.25) is 0 Å². The van der Waals surface area contributed by atoms with Crippen molar-refractivity contribution in [2.24, 2.45) is 0 Å². The molecule has 0 radical (unpaired) electrons. The minimum absolute atomic E-state index is 0.0133. The number of carboxylic acid groups (broad SMARTS) is 2. The van der Waals surface area contributed by atoms with Crippen LogP contribution in [0.25, 0.3) is 22.3 Å². The number of carbonyl (C=O) groups is 4. The number of aromatic carboxylic acids is 2. The molecule has 0 saturated heterocycles. The molecule has 1 aliphatic rings. The zero-order valence-electron chi connectivity index (χ0n) is 11.8. The number of rotatable bonds is 6.